The molecule has 21 heavy (non-hydrogen) atoms. The Morgan fingerprint density at radius 3 is 2.52 bits per heavy atom. The van der Waals surface area contributed by atoms with Gasteiger partial charge in [0.25, 0.3) is 0 Å². The van der Waals surface area contributed by atoms with Crippen molar-refractivity contribution in [1.82, 2.24) is 15.4 Å². The van der Waals surface area contributed by atoms with Crippen LogP contribution in [0.1, 0.15) is 32.4 Å². The van der Waals surface area contributed by atoms with Crippen LogP contribution >= 0.6 is 0 Å². The van der Waals surface area contributed by atoms with Gasteiger partial charge in [0.05, 0.1) is 10.9 Å². The molecular formula is C14H23N3O3S. The summed E-state index contributed by atoms with van der Waals surface area (Å²) < 4.78 is 26.9. The fourth-order valence-electron chi connectivity index (χ4n) is 1.95. The Labute approximate surface area is 126 Å². The van der Waals surface area contributed by atoms with Crippen molar-refractivity contribution in [2.75, 3.05) is 13.6 Å². The van der Waals surface area contributed by atoms with Gasteiger partial charge < -0.3 is 10.6 Å². The third-order valence-electron chi connectivity index (χ3n) is 3.15. The van der Waals surface area contributed by atoms with Crippen molar-refractivity contribution in [2.45, 2.75) is 37.8 Å². The molecular weight excluding hydrogens is 290 g/mol. The van der Waals surface area contributed by atoms with Crippen LogP contribution in [0, 0.1) is 0 Å². The van der Waals surface area contributed by atoms with Gasteiger partial charge in [-0.3, -0.25) is 4.79 Å². The van der Waals surface area contributed by atoms with Gasteiger partial charge in [0, 0.05) is 13.1 Å². The molecule has 0 heterocycles. The number of carbonyl (C=O) groups excluding carboxylic acids is 1. The molecule has 0 aliphatic heterocycles. The molecule has 0 saturated carbocycles. The lowest BCUT2D eigenvalue weighted by atomic mass is 10.1. The molecule has 0 fully saturated rings. The smallest absolute Gasteiger partial charge is 0.241 e. The number of sulfonamides is 1. The van der Waals surface area contributed by atoms with Crippen LogP contribution in [0.4, 0.5) is 0 Å². The first kappa shape index (κ1) is 17.6. The van der Waals surface area contributed by atoms with Gasteiger partial charge in [0.2, 0.25) is 15.9 Å². The molecule has 0 spiro atoms. The molecule has 0 aliphatic carbocycles. The summed E-state index contributed by atoms with van der Waals surface area (Å²) in [6.07, 6.45) is 0. The van der Waals surface area contributed by atoms with E-state index in [-0.39, 0.29) is 16.8 Å². The van der Waals surface area contributed by atoms with Crippen molar-refractivity contribution in [1.29, 1.82) is 0 Å². The normalized spacial score (nSPS) is 14.5. The summed E-state index contributed by atoms with van der Waals surface area (Å²) in [5.74, 6) is -0.379. The van der Waals surface area contributed by atoms with Crippen LogP contribution in [-0.4, -0.2) is 34.0 Å². The molecule has 0 bridgehead atoms. The fraction of sp³-hybridized carbons (Fsp3) is 0.500. The molecule has 0 saturated heterocycles. The Balaban J connectivity index is 2.98. The Hall–Kier alpha value is -1.44. The second-order valence-corrected chi connectivity index (χ2v) is 6.52. The summed E-state index contributed by atoms with van der Waals surface area (Å²) in [6, 6.07) is 5.93. The van der Waals surface area contributed by atoms with Crippen molar-refractivity contribution >= 4 is 15.9 Å². The molecule has 6 nitrogen and oxygen atoms in total. The van der Waals surface area contributed by atoms with Gasteiger partial charge in [-0.25, -0.2) is 8.42 Å². The number of likely N-dealkylation sites (N-methyl/N-ethyl adjacent to an activating group) is 1. The quantitative estimate of drug-likeness (QED) is 0.694. The predicted molar refractivity (Wildman–Crippen MR) is 82.4 cm³/mol. The van der Waals surface area contributed by atoms with Crippen LogP contribution in [0.5, 0.6) is 0 Å². The summed E-state index contributed by atoms with van der Waals surface area (Å²) in [5, 5.41) is 5.64. The first-order chi connectivity index (χ1) is 9.81. The number of amides is 1. The highest BCUT2D eigenvalue weighted by Crippen LogP contribution is 2.17. The number of benzene rings is 1. The standard InChI is InChI=1S/C14H23N3O3S/c1-5-16-10(2)12-7-6-8-13(9-12)21(19,20)17-11(3)14(18)15-4/h6-11,16-17H,5H2,1-4H3,(H,15,18). The molecule has 1 rings (SSSR count). The van der Waals surface area contributed by atoms with Crippen LogP contribution in [0.3, 0.4) is 0 Å². The van der Waals surface area contributed by atoms with E-state index in [1.54, 1.807) is 12.1 Å². The van der Waals surface area contributed by atoms with E-state index in [0.29, 0.717) is 0 Å². The van der Waals surface area contributed by atoms with Gasteiger partial charge in [0.1, 0.15) is 0 Å². The van der Waals surface area contributed by atoms with Crippen molar-refractivity contribution in [3.05, 3.63) is 29.8 Å². The summed E-state index contributed by atoms with van der Waals surface area (Å²) in [5.41, 5.74) is 0.882. The first-order valence-electron chi connectivity index (χ1n) is 6.89. The molecule has 1 aromatic carbocycles. The van der Waals surface area contributed by atoms with Crippen LogP contribution in [0.15, 0.2) is 29.2 Å². The molecule has 0 aliphatic rings. The minimum atomic E-state index is -3.72. The average molecular weight is 313 g/mol. The van der Waals surface area contributed by atoms with Crippen molar-refractivity contribution in [3.8, 4) is 0 Å². The third kappa shape index (κ3) is 4.80. The molecule has 1 amide bonds. The van der Waals surface area contributed by atoms with E-state index in [0.717, 1.165) is 12.1 Å². The Bertz CT molecular complexity index is 587. The largest absolute Gasteiger partial charge is 0.358 e. The predicted octanol–water partition coefficient (Wildman–Crippen LogP) is 0.770. The molecule has 2 atom stereocenters. The molecule has 0 radical (unpaired) electrons. The van der Waals surface area contributed by atoms with Gasteiger partial charge >= 0.3 is 0 Å². The zero-order valence-corrected chi connectivity index (χ0v) is 13.6. The van der Waals surface area contributed by atoms with Crippen LogP contribution in [0.25, 0.3) is 0 Å². The van der Waals surface area contributed by atoms with Crippen LogP contribution in [-0.2, 0) is 14.8 Å². The lowest BCUT2D eigenvalue weighted by Gasteiger charge is -2.16. The maximum absolute atomic E-state index is 12.3. The second kappa shape index (κ2) is 7.53. The average Bonchev–Trinajstić information content (AvgIpc) is 2.46. The molecule has 3 N–H and O–H groups in total. The summed E-state index contributed by atoms with van der Waals surface area (Å²) in [6.45, 7) is 6.26. The molecule has 7 heteroatoms. The highest BCUT2D eigenvalue weighted by molar-refractivity contribution is 7.89. The summed E-state index contributed by atoms with van der Waals surface area (Å²) in [4.78, 5) is 11.6. The maximum Gasteiger partial charge on any atom is 0.241 e. The molecule has 0 aromatic heterocycles. The fourth-order valence-corrected chi connectivity index (χ4v) is 3.20. The van der Waals surface area contributed by atoms with E-state index >= 15 is 0 Å². The minimum Gasteiger partial charge on any atom is -0.358 e. The van der Waals surface area contributed by atoms with Gasteiger partial charge in [0.15, 0.2) is 0 Å². The summed E-state index contributed by atoms with van der Waals surface area (Å²) >= 11 is 0. The van der Waals surface area contributed by atoms with Gasteiger partial charge in [-0.1, -0.05) is 19.1 Å². The van der Waals surface area contributed by atoms with Gasteiger partial charge in [-0.15, -0.1) is 0 Å². The van der Waals surface area contributed by atoms with Crippen LogP contribution in [0.2, 0.25) is 0 Å². The first-order valence-corrected chi connectivity index (χ1v) is 8.37. The van der Waals surface area contributed by atoms with E-state index in [1.165, 1.54) is 20.0 Å². The second-order valence-electron chi connectivity index (χ2n) is 4.81. The van der Waals surface area contributed by atoms with Crippen LogP contribution < -0.4 is 15.4 Å². The molecule has 2 unspecified atom stereocenters. The monoisotopic (exact) mass is 313 g/mol. The minimum absolute atomic E-state index is 0.0570. The zero-order valence-electron chi connectivity index (χ0n) is 12.8. The number of rotatable bonds is 7. The van der Waals surface area contributed by atoms with E-state index in [9.17, 15) is 13.2 Å². The number of hydrogen-bond acceptors (Lipinski definition) is 4. The van der Waals surface area contributed by atoms with Gasteiger partial charge in [-0.05, 0) is 38.1 Å². The SMILES string of the molecule is CCNC(C)c1cccc(S(=O)(=O)NC(C)C(=O)NC)c1. The van der Waals surface area contributed by atoms with Crippen molar-refractivity contribution in [2.24, 2.45) is 0 Å². The third-order valence-corrected chi connectivity index (χ3v) is 4.69. The molecule has 1 aromatic rings. The number of hydrogen-bond donors (Lipinski definition) is 3. The number of nitrogens with one attached hydrogen (secondary N) is 3. The lowest BCUT2D eigenvalue weighted by Crippen LogP contribution is -2.43. The highest BCUT2D eigenvalue weighted by Gasteiger charge is 2.21. The lowest BCUT2D eigenvalue weighted by molar-refractivity contribution is -0.121. The van der Waals surface area contributed by atoms with E-state index in [1.807, 2.05) is 19.9 Å². The maximum atomic E-state index is 12.3. The highest BCUT2D eigenvalue weighted by atomic mass is 32.2. The van der Waals surface area contributed by atoms with E-state index in [4.69, 9.17) is 0 Å². The Kier molecular flexibility index (Phi) is 6.32. The molecule has 118 valence electrons. The topological polar surface area (TPSA) is 87.3 Å². The zero-order chi connectivity index (χ0) is 16.0. The van der Waals surface area contributed by atoms with Gasteiger partial charge in [-0.2, -0.15) is 4.72 Å². The Morgan fingerprint density at radius 1 is 1.29 bits per heavy atom. The summed E-state index contributed by atoms with van der Waals surface area (Å²) in [7, 11) is -2.26. The van der Waals surface area contributed by atoms with E-state index in [2.05, 4.69) is 15.4 Å². The number of carbonyl (C=O) groups is 1. The Morgan fingerprint density at radius 2 is 1.95 bits per heavy atom. The van der Waals surface area contributed by atoms with Crippen molar-refractivity contribution < 1.29 is 13.2 Å². The van der Waals surface area contributed by atoms with Crippen molar-refractivity contribution in [3.63, 3.8) is 0 Å². The van der Waals surface area contributed by atoms with E-state index < -0.39 is 16.1 Å².